The van der Waals surface area contributed by atoms with Gasteiger partial charge >= 0.3 is 0 Å². The number of nitrogens with zero attached hydrogens (tertiary/aromatic N) is 2. The van der Waals surface area contributed by atoms with E-state index >= 15 is 0 Å². The highest BCUT2D eigenvalue weighted by Crippen LogP contribution is 2.36. The van der Waals surface area contributed by atoms with Crippen LogP contribution in [0.25, 0.3) is 0 Å². The van der Waals surface area contributed by atoms with Crippen LogP contribution in [0.15, 0.2) is 42.5 Å². The van der Waals surface area contributed by atoms with Gasteiger partial charge in [0.05, 0.1) is 29.7 Å². The highest BCUT2D eigenvalue weighted by molar-refractivity contribution is 6.04. The number of rotatable bonds is 6. The van der Waals surface area contributed by atoms with Gasteiger partial charge in [0.2, 0.25) is 11.8 Å². The smallest absolute Gasteiger partial charge is 0.273 e. The summed E-state index contributed by atoms with van der Waals surface area (Å²) in [5.74, 6) is -1.17. The first kappa shape index (κ1) is 20.0. The lowest BCUT2D eigenvalue weighted by atomic mass is 10.1. The zero-order chi connectivity index (χ0) is 21.1. The fraction of sp³-hybridized carbons (Fsp3) is 0.250. The maximum atomic E-state index is 12.6. The van der Waals surface area contributed by atoms with Gasteiger partial charge in [0.15, 0.2) is 5.78 Å². The molecule has 1 aliphatic heterocycles. The van der Waals surface area contributed by atoms with Crippen LogP contribution in [0.3, 0.4) is 0 Å². The summed E-state index contributed by atoms with van der Waals surface area (Å²) in [6.07, 6.45) is -0.00161. The summed E-state index contributed by atoms with van der Waals surface area (Å²) in [6.45, 7) is 1.55. The Hall–Kier alpha value is -3.75. The van der Waals surface area contributed by atoms with Crippen molar-refractivity contribution in [3.05, 3.63) is 58.1 Å². The van der Waals surface area contributed by atoms with Crippen molar-refractivity contribution < 1.29 is 24.0 Å². The van der Waals surface area contributed by atoms with Crippen molar-refractivity contribution in [2.24, 2.45) is 5.92 Å². The van der Waals surface area contributed by atoms with E-state index in [1.54, 1.807) is 24.3 Å². The summed E-state index contributed by atoms with van der Waals surface area (Å²) in [5, 5.41) is 13.7. The van der Waals surface area contributed by atoms with E-state index in [1.807, 2.05) is 0 Å². The van der Waals surface area contributed by atoms with Crippen LogP contribution in [0.5, 0.6) is 5.75 Å². The summed E-state index contributed by atoms with van der Waals surface area (Å²) in [5.41, 5.74) is 1.16. The maximum absolute atomic E-state index is 12.6. The molecule has 0 unspecified atom stereocenters. The number of nitrogens with one attached hydrogen (secondary N) is 1. The number of amides is 2. The van der Waals surface area contributed by atoms with Crippen LogP contribution in [0.1, 0.15) is 23.7 Å². The molecule has 0 spiro atoms. The second-order valence-electron chi connectivity index (χ2n) is 6.64. The lowest BCUT2D eigenvalue weighted by molar-refractivity contribution is -0.384. The van der Waals surface area contributed by atoms with Crippen LogP contribution in [0.4, 0.5) is 17.1 Å². The summed E-state index contributed by atoms with van der Waals surface area (Å²) in [4.78, 5) is 48.4. The Balaban J connectivity index is 1.76. The average Bonchev–Trinajstić information content (AvgIpc) is 3.09. The largest absolute Gasteiger partial charge is 0.494 e. The van der Waals surface area contributed by atoms with Gasteiger partial charge in [0.1, 0.15) is 5.75 Å². The normalized spacial score (nSPS) is 15.9. The summed E-state index contributed by atoms with van der Waals surface area (Å²) in [6, 6.07) is 10.5. The Morgan fingerprint density at radius 3 is 2.66 bits per heavy atom. The van der Waals surface area contributed by atoms with E-state index in [9.17, 15) is 24.5 Å². The fourth-order valence-corrected chi connectivity index (χ4v) is 3.18. The molecule has 1 aliphatic rings. The number of methoxy groups -OCH3 is 1. The van der Waals surface area contributed by atoms with Gasteiger partial charge in [-0.05, 0) is 25.1 Å². The maximum Gasteiger partial charge on any atom is 0.273 e. The first-order valence-corrected chi connectivity index (χ1v) is 8.85. The van der Waals surface area contributed by atoms with Crippen LogP contribution in [-0.4, -0.2) is 36.2 Å². The van der Waals surface area contributed by atoms with Gasteiger partial charge in [0, 0.05) is 30.3 Å². The zero-order valence-electron chi connectivity index (χ0n) is 15.9. The molecule has 2 aromatic rings. The van der Waals surface area contributed by atoms with Gasteiger partial charge in [-0.3, -0.25) is 24.5 Å². The molecule has 0 aliphatic carbocycles. The molecule has 150 valence electrons. The van der Waals surface area contributed by atoms with Gasteiger partial charge in [-0.2, -0.15) is 0 Å². The van der Waals surface area contributed by atoms with Crippen molar-refractivity contribution in [2.75, 3.05) is 23.9 Å². The Bertz CT molecular complexity index is 1000. The van der Waals surface area contributed by atoms with E-state index in [0.29, 0.717) is 16.9 Å². The molecule has 0 saturated carbocycles. The van der Waals surface area contributed by atoms with Crippen molar-refractivity contribution in [3.63, 3.8) is 0 Å². The van der Waals surface area contributed by atoms with Crippen LogP contribution >= 0.6 is 0 Å². The zero-order valence-corrected chi connectivity index (χ0v) is 15.9. The highest BCUT2D eigenvalue weighted by atomic mass is 16.6. The SMILES string of the molecule is COc1cc([N+](=O)[O-])ccc1N1C[C@@H](C(=O)Nc2cccc(C(C)=O)c2)CC1=O. The summed E-state index contributed by atoms with van der Waals surface area (Å²) in [7, 11) is 1.36. The molecule has 1 saturated heterocycles. The molecular weight excluding hydrogens is 378 g/mol. The standard InChI is InChI=1S/C20H19N3O6/c1-12(24)13-4-3-5-15(8-13)21-20(26)14-9-19(25)22(11-14)17-7-6-16(23(27)28)10-18(17)29-2/h3-8,10,14H,9,11H2,1-2H3,(H,21,26)/t14-/m0/s1. The van der Waals surface area contributed by atoms with Gasteiger partial charge in [0.25, 0.3) is 5.69 Å². The molecule has 1 fully saturated rings. The lowest BCUT2D eigenvalue weighted by Gasteiger charge is -2.19. The van der Waals surface area contributed by atoms with Crippen LogP contribution in [-0.2, 0) is 9.59 Å². The van der Waals surface area contributed by atoms with Gasteiger partial charge in [-0.25, -0.2) is 0 Å². The van der Waals surface area contributed by atoms with Crippen molar-refractivity contribution in [1.29, 1.82) is 0 Å². The average molecular weight is 397 g/mol. The Morgan fingerprint density at radius 2 is 2.00 bits per heavy atom. The number of ketones is 1. The Morgan fingerprint density at radius 1 is 1.24 bits per heavy atom. The number of Topliss-reactive ketones (excluding diaryl/α,β-unsaturated/α-hetero) is 1. The minimum Gasteiger partial charge on any atom is -0.494 e. The first-order valence-electron chi connectivity index (χ1n) is 8.85. The predicted octanol–water partition coefficient (Wildman–Crippen LogP) is 2.80. The van der Waals surface area contributed by atoms with E-state index in [1.165, 1.54) is 37.1 Å². The molecule has 1 N–H and O–H groups in total. The predicted molar refractivity (Wildman–Crippen MR) is 105 cm³/mol. The molecule has 2 aromatic carbocycles. The van der Waals surface area contributed by atoms with E-state index in [0.717, 1.165) is 0 Å². The second kappa shape index (κ2) is 8.09. The quantitative estimate of drug-likeness (QED) is 0.455. The van der Waals surface area contributed by atoms with Gasteiger partial charge in [-0.1, -0.05) is 12.1 Å². The number of hydrogen-bond acceptors (Lipinski definition) is 6. The molecule has 0 bridgehead atoms. The molecule has 1 heterocycles. The Labute approximate surface area is 166 Å². The highest BCUT2D eigenvalue weighted by Gasteiger charge is 2.36. The number of benzene rings is 2. The second-order valence-corrected chi connectivity index (χ2v) is 6.64. The summed E-state index contributed by atoms with van der Waals surface area (Å²) >= 11 is 0. The van der Waals surface area contributed by atoms with E-state index < -0.39 is 10.8 Å². The van der Waals surface area contributed by atoms with E-state index in [2.05, 4.69) is 5.32 Å². The topological polar surface area (TPSA) is 119 Å². The molecule has 3 rings (SSSR count). The molecule has 1 atom stereocenters. The van der Waals surface area contributed by atoms with Crippen molar-refractivity contribution in [1.82, 2.24) is 0 Å². The minimum absolute atomic E-state index is 0.00161. The minimum atomic E-state index is -0.608. The number of nitro benzene ring substituents is 1. The van der Waals surface area contributed by atoms with Crippen LogP contribution in [0, 0.1) is 16.0 Å². The number of ether oxygens (including phenoxy) is 1. The van der Waals surface area contributed by atoms with Gasteiger partial charge < -0.3 is 15.0 Å². The van der Waals surface area contributed by atoms with Gasteiger partial charge in [-0.15, -0.1) is 0 Å². The van der Waals surface area contributed by atoms with Crippen molar-refractivity contribution >= 4 is 34.7 Å². The lowest BCUT2D eigenvalue weighted by Crippen LogP contribution is -2.28. The van der Waals surface area contributed by atoms with E-state index in [-0.39, 0.29) is 42.0 Å². The third-order valence-electron chi connectivity index (χ3n) is 4.70. The number of non-ortho nitro benzene ring substituents is 1. The molecular formula is C20H19N3O6. The van der Waals surface area contributed by atoms with Crippen molar-refractivity contribution in [3.8, 4) is 5.75 Å². The van der Waals surface area contributed by atoms with Crippen molar-refractivity contribution in [2.45, 2.75) is 13.3 Å². The monoisotopic (exact) mass is 397 g/mol. The molecule has 9 heteroatoms. The summed E-state index contributed by atoms with van der Waals surface area (Å²) < 4.78 is 5.19. The molecule has 0 radical (unpaired) electrons. The third kappa shape index (κ3) is 4.23. The molecule has 0 aromatic heterocycles. The molecule has 2 amide bonds. The molecule has 9 nitrogen and oxygen atoms in total. The van der Waals surface area contributed by atoms with E-state index in [4.69, 9.17) is 4.74 Å². The van der Waals surface area contributed by atoms with Crippen LogP contribution in [0.2, 0.25) is 0 Å². The molecule has 29 heavy (non-hydrogen) atoms. The number of hydrogen-bond donors (Lipinski definition) is 1. The number of nitro groups is 1. The van der Waals surface area contributed by atoms with Crippen LogP contribution < -0.4 is 15.0 Å². The Kier molecular flexibility index (Phi) is 5.58. The number of carbonyl (C=O) groups is 3. The third-order valence-corrected chi connectivity index (χ3v) is 4.70. The number of carbonyl (C=O) groups excluding carboxylic acids is 3. The first-order chi connectivity index (χ1) is 13.8. The fourth-order valence-electron chi connectivity index (χ4n) is 3.18. The number of anilines is 2.